The molecule has 0 aliphatic heterocycles. The van der Waals surface area contributed by atoms with E-state index in [0.29, 0.717) is 12.1 Å². The molecule has 2 aromatic rings. The summed E-state index contributed by atoms with van der Waals surface area (Å²) in [5.41, 5.74) is 1.43. The van der Waals surface area contributed by atoms with Gasteiger partial charge in [-0.15, -0.1) is 0 Å². The van der Waals surface area contributed by atoms with Crippen molar-refractivity contribution < 1.29 is 8.42 Å². The molecule has 108 valence electrons. The highest BCUT2D eigenvalue weighted by Gasteiger charge is 2.15. The highest BCUT2D eigenvalue weighted by Crippen LogP contribution is 2.15. The van der Waals surface area contributed by atoms with Crippen LogP contribution in [0.25, 0.3) is 0 Å². The van der Waals surface area contributed by atoms with Crippen molar-refractivity contribution >= 4 is 15.5 Å². The molecule has 0 radical (unpaired) electrons. The smallest absolute Gasteiger partial charge is 0.180 e. The van der Waals surface area contributed by atoms with Gasteiger partial charge in [0.05, 0.1) is 22.3 Å². The SMILES string of the molecule is CN(CCS(=O)(=O)c1ccc(C#N)cc1)c1ccccc1. The van der Waals surface area contributed by atoms with Crippen molar-refractivity contribution in [2.75, 3.05) is 24.2 Å². The minimum atomic E-state index is -3.34. The van der Waals surface area contributed by atoms with Crippen LogP contribution >= 0.6 is 0 Å². The van der Waals surface area contributed by atoms with Crippen molar-refractivity contribution in [1.82, 2.24) is 0 Å². The van der Waals surface area contributed by atoms with E-state index in [9.17, 15) is 8.42 Å². The number of anilines is 1. The van der Waals surface area contributed by atoms with Gasteiger partial charge in [-0.3, -0.25) is 0 Å². The van der Waals surface area contributed by atoms with Gasteiger partial charge >= 0.3 is 0 Å². The van der Waals surface area contributed by atoms with Crippen LogP contribution in [0.4, 0.5) is 5.69 Å². The summed E-state index contributed by atoms with van der Waals surface area (Å²) >= 11 is 0. The van der Waals surface area contributed by atoms with Crippen LogP contribution in [0.15, 0.2) is 59.5 Å². The molecule has 0 saturated heterocycles. The fraction of sp³-hybridized carbons (Fsp3) is 0.188. The maximum Gasteiger partial charge on any atom is 0.180 e. The van der Waals surface area contributed by atoms with Crippen molar-refractivity contribution in [2.45, 2.75) is 4.90 Å². The summed E-state index contributed by atoms with van der Waals surface area (Å²) in [4.78, 5) is 2.16. The summed E-state index contributed by atoms with van der Waals surface area (Å²) in [5, 5.41) is 8.73. The number of benzene rings is 2. The summed E-state index contributed by atoms with van der Waals surface area (Å²) in [6.07, 6.45) is 0. The van der Waals surface area contributed by atoms with E-state index in [0.717, 1.165) is 5.69 Å². The lowest BCUT2D eigenvalue weighted by atomic mass is 10.2. The van der Waals surface area contributed by atoms with Crippen molar-refractivity contribution in [3.8, 4) is 6.07 Å². The van der Waals surface area contributed by atoms with Gasteiger partial charge in [-0.25, -0.2) is 8.42 Å². The van der Waals surface area contributed by atoms with Gasteiger partial charge in [0.25, 0.3) is 0 Å². The topological polar surface area (TPSA) is 61.2 Å². The monoisotopic (exact) mass is 300 g/mol. The molecule has 0 atom stereocenters. The highest BCUT2D eigenvalue weighted by atomic mass is 32.2. The van der Waals surface area contributed by atoms with Crippen LogP contribution in [-0.4, -0.2) is 27.8 Å². The molecular weight excluding hydrogens is 284 g/mol. The first-order valence-electron chi connectivity index (χ1n) is 6.52. The van der Waals surface area contributed by atoms with Gasteiger partial charge in [0.1, 0.15) is 0 Å². The average Bonchev–Trinajstić information content (AvgIpc) is 2.53. The molecule has 0 heterocycles. The van der Waals surface area contributed by atoms with Crippen LogP contribution in [0.3, 0.4) is 0 Å². The van der Waals surface area contributed by atoms with E-state index in [2.05, 4.69) is 0 Å². The molecule has 0 spiro atoms. The van der Waals surface area contributed by atoms with Gasteiger partial charge in [0.2, 0.25) is 0 Å². The lowest BCUT2D eigenvalue weighted by Gasteiger charge is -2.19. The van der Waals surface area contributed by atoms with Crippen LogP contribution < -0.4 is 4.90 Å². The Hall–Kier alpha value is -2.32. The zero-order chi connectivity index (χ0) is 15.3. The molecule has 0 aromatic heterocycles. The normalized spacial score (nSPS) is 10.9. The Bertz CT molecular complexity index is 732. The zero-order valence-electron chi connectivity index (χ0n) is 11.7. The lowest BCUT2D eigenvalue weighted by molar-refractivity contribution is 0.595. The molecule has 0 bridgehead atoms. The van der Waals surface area contributed by atoms with Crippen molar-refractivity contribution in [3.05, 3.63) is 60.2 Å². The summed E-state index contributed by atoms with van der Waals surface area (Å²) in [5.74, 6) is 0.0320. The van der Waals surface area contributed by atoms with E-state index >= 15 is 0 Å². The summed E-state index contributed by atoms with van der Waals surface area (Å²) in [7, 11) is -1.47. The molecule has 0 saturated carbocycles. The molecular formula is C16H16N2O2S. The van der Waals surface area contributed by atoms with Crippen molar-refractivity contribution in [2.24, 2.45) is 0 Å². The van der Waals surface area contributed by atoms with Crippen LogP contribution in [0.2, 0.25) is 0 Å². The van der Waals surface area contributed by atoms with Crippen LogP contribution in [-0.2, 0) is 9.84 Å². The third kappa shape index (κ3) is 3.83. The summed E-state index contributed by atoms with van der Waals surface area (Å²) < 4.78 is 24.5. The number of nitriles is 1. The molecule has 0 N–H and O–H groups in total. The number of hydrogen-bond donors (Lipinski definition) is 0. The van der Waals surface area contributed by atoms with E-state index in [-0.39, 0.29) is 10.6 Å². The van der Waals surface area contributed by atoms with Gasteiger partial charge < -0.3 is 4.90 Å². The molecule has 5 heteroatoms. The maximum absolute atomic E-state index is 12.3. The Labute approximate surface area is 125 Å². The van der Waals surface area contributed by atoms with Gasteiger partial charge in [-0.1, -0.05) is 18.2 Å². The third-order valence-electron chi connectivity index (χ3n) is 3.23. The molecule has 0 aliphatic carbocycles. The predicted octanol–water partition coefficient (Wildman–Crippen LogP) is 2.47. The molecule has 4 nitrogen and oxygen atoms in total. The summed E-state index contributed by atoms with van der Waals surface area (Å²) in [6, 6.07) is 17.6. The third-order valence-corrected chi connectivity index (χ3v) is 4.95. The van der Waals surface area contributed by atoms with Crippen molar-refractivity contribution in [1.29, 1.82) is 5.26 Å². The minimum Gasteiger partial charge on any atom is -0.374 e. The van der Waals surface area contributed by atoms with Gasteiger partial charge in [0.15, 0.2) is 9.84 Å². The zero-order valence-corrected chi connectivity index (χ0v) is 12.5. The predicted molar refractivity (Wildman–Crippen MR) is 82.9 cm³/mol. The first kappa shape index (κ1) is 15.1. The second kappa shape index (κ2) is 6.42. The van der Waals surface area contributed by atoms with Crippen molar-refractivity contribution in [3.63, 3.8) is 0 Å². The maximum atomic E-state index is 12.3. The quantitative estimate of drug-likeness (QED) is 0.851. The Balaban J connectivity index is 2.06. The van der Waals surface area contributed by atoms with Gasteiger partial charge in [-0.2, -0.15) is 5.26 Å². The van der Waals surface area contributed by atoms with Gasteiger partial charge in [-0.05, 0) is 36.4 Å². The van der Waals surface area contributed by atoms with E-state index in [1.165, 1.54) is 24.3 Å². The fourth-order valence-electron chi connectivity index (χ4n) is 1.92. The minimum absolute atomic E-state index is 0.0320. The highest BCUT2D eigenvalue weighted by molar-refractivity contribution is 7.91. The molecule has 0 aliphatic rings. The van der Waals surface area contributed by atoms with Crippen LogP contribution in [0, 0.1) is 11.3 Å². The number of para-hydroxylation sites is 1. The van der Waals surface area contributed by atoms with Crippen LogP contribution in [0.5, 0.6) is 0 Å². The second-order valence-corrected chi connectivity index (χ2v) is 6.82. The first-order valence-corrected chi connectivity index (χ1v) is 8.17. The van der Waals surface area contributed by atoms with E-state index in [1.54, 1.807) is 0 Å². The van der Waals surface area contributed by atoms with E-state index in [4.69, 9.17) is 5.26 Å². The standard InChI is InChI=1S/C16H16N2O2S/c1-18(15-5-3-2-4-6-15)11-12-21(19,20)16-9-7-14(13-17)8-10-16/h2-10H,11-12H2,1H3. The molecule has 0 unspecified atom stereocenters. The molecule has 2 aromatic carbocycles. The first-order chi connectivity index (χ1) is 10.0. The molecule has 0 amide bonds. The Morgan fingerprint density at radius 2 is 1.67 bits per heavy atom. The number of sulfone groups is 1. The summed E-state index contributed by atoms with van der Waals surface area (Å²) in [6.45, 7) is 0.409. The molecule has 0 fully saturated rings. The van der Waals surface area contributed by atoms with Crippen LogP contribution in [0.1, 0.15) is 5.56 Å². The Kier molecular flexibility index (Phi) is 4.61. The van der Waals surface area contributed by atoms with Gasteiger partial charge in [0, 0.05) is 19.3 Å². The largest absolute Gasteiger partial charge is 0.374 e. The van der Waals surface area contributed by atoms with E-state index < -0.39 is 9.84 Å². The fourth-order valence-corrected chi connectivity index (χ4v) is 3.22. The molecule has 21 heavy (non-hydrogen) atoms. The van der Waals surface area contributed by atoms with E-state index in [1.807, 2.05) is 48.3 Å². The lowest BCUT2D eigenvalue weighted by Crippen LogP contribution is -2.25. The number of nitrogens with zero attached hydrogens (tertiary/aromatic N) is 2. The Morgan fingerprint density at radius 1 is 1.05 bits per heavy atom. The number of hydrogen-bond acceptors (Lipinski definition) is 4. The Morgan fingerprint density at radius 3 is 2.24 bits per heavy atom. The molecule has 2 rings (SSSR count). The number of rotatable bonds is 5. The average molecular weight is 300 g/mol. The second-order valence-electron chi connectivity index (χ2n) is 4.71.